The van der Waals surface area contributed by atoms with Gasteiger partial charge in [-0.05, 0) is 11.6 Å². The van der Waals surface area contributed by atoms with E-state index < -0.39 is 0 Å². The van der Waals surface area contributed by atoms with E-state index in [-0.39, 0.29) is 11.6 Å². The minimum atomic E-state index is 0.0816. The molecule has 0 N–H and O–H groups in total. The van der Waals surface area contributed by atoms with Crippen LogP contribution in [-0.2, 0) is 0 Å². The fourth-order valence-corrected chi connectivity index (χ4v) is 1.13. The number of pyridine rings is 1. The molecule has 0 saturated heterocycles. The summed E-state index contributed by atoms with van der Waals surface area (Å²) < 4.78 is 4.93. The highest BCUT2D eigenvalue weighted by molar-refractivity contribution is 6.09. The molecule has 0 aliphatic rings. The third-order valence-corrected chi connectivity index (χ3v) is 2.04. The number of methoxy groups -OCH3 is 1. The summed E-state index contributed by atoms with van der Waals surface area (Å²) in [4.78, 5) is 7.78. The van der Waals surface area contributed by atoms with E-state index in [4.69, 9.17) is 15.3 Å². The first kappa shape index (κ1) is 13.1. The van der Waals surface area contributed by atoms with E-state index in [9.17, 15) is 0 Å². The SMILES string of the molecule is C=C(C#N)/N=C/C(=C)c1cnc(OC)c(C#N)c1. The first-order valence-corrected chi connectivity index (χ1v) is 4.89. The number of aromatic nitrogens is 1. The third-order valence-electron chi connectivity index (χ3n) is 2.04. The predicted molar refractivity (Wildman–Crippen MR) is 67.8 cm³/mol. The third kappa shape index (κ3) is 3.03. The molecule has 0 unspecified atom stereocenters. The van der Waals surface area contributed by atoms with Crippen LogP contribution < -0.4 is 4.74 Å². The van der Waals surface area contributed by atoms with Crippen molar-refractivity contribution in [3.63, 3.8) is 0 Å². The Morgan fingerprint density at radius 2 is 2.22 bits per heavy atom. The summed E-state index contributed by atoms with van der Waals surface area (Å²) in [6.45, 7) is 7.18. The zero-order chi connectivity index (χ0) is 13.5. The Morgan fingerprint density at radius 1 is 1.50 bits per heavy atom. The van der Waals surface area contributed by atoms with Crippen molar-refractivity contribution in [3.05, 3.63) is 42.2 Å². The maximum absolute atomic E-state index is 8.92. The second kappa shape index (κ2) is 5.97. The van der Waals surface area contributed by atoms with E-state index in [1.807, 2.05) is 6.07 Å². The summed E-state index contributed by atoms with van der Waals surface area (Å²) in [7, 11) is 1.44. The highest BCUT2D eigenvalue weighted by atomic mass is 16.5. The van der Waals surface area contributed by atoms with Crippen molar-refractivity contribution in [1.82, 2.24) is 4.98 Å². The van der Waals surface area contributed by atoms with Gasteiger partial charge in [0.1, 0.15) is 23.4 Å². The zero-order valence-corrected chi connectivity index (χ0v) is 9.84. The molecule has 0 radical (unpaired) electrons. The van der Waals surface area contributed by atoms with Crippen LogP contribution in [0.3, 0.4) is 0 Å². The number of nitrogens with zero attached hydrogens (tertiary/aromatic N) is 4. The smallest absolute Gasteiger partial charge is 0.231 e. The van der Waals surface area contributed by atoms with Crippen LogP contribution in [0, 0.1) is 22.7 Å². The molecule has 0 bridgehead atoms. The standard InChI is InChI=1S/C13H10N4O/c1-9(7-16-10(2)5-14)12-4-11(6-15)13(18-3)17-8-12/h4,7-8H,1-2H2,3H3/b16-7+. The number of ether oxygens (including phenoxy) is 1. The van der Waals surface area contributed by atoms with Crippen LogP contribution in [0.2, 0.25) is 0 Å². The van der Waals surface area contributed by atoms with Gasteiger partial charge in [-0.3, -0.25) is 0 Å². The van der Waals surface area contributed by atoms with Crippen molar-refractivity contribution in [2.45, 2.75) is 0 Å². The van der Waals surface area contributed by atoms with Crippen LogP contribution in [-0.4, -0.2) is 18.3 Å². The largest absolute Gasteiger partial charge is 0.480 e. The summed E-state index contributed by atoms with van der Waals surface area (Å²) in [5.41, 5.74) is 1.54. The molecule has 18 heavy (non-hydrogen) atoms. The molecule has 1 aromatic heterocycles. The van der Waals surface area contributed by atoms with Crippen molar-refractivity contribution in [2.75, 3.05) is 7.11 Å². The van der Waals surface area contributed by atoms with Gasteiger partial charge in [-0.25, -0.2) is 9.98 Å². The van der Waals surface area contributed by atoms with E-state index in [0.29, 0.717) is 16.7 Å². The molecule has 0 amide bonds. The first-order chi connectivity index (χ1) is 8.62. The Balaban J connectivity index is 3.02. The molecule has 1 aromatic rings. The van der Waals surface area contributed by atoms with Gasteiger partial charge in [-0.1, -0.05) is 13.2 Å². The van der Waals surface area contributed by atoms with E-state index in [1.165, 1.54) is 19.5 Å². The Bertz CT molecular complexity index is 602. The quantitative estimate of drug-likeness (QED) is 0.594. The van der Waals surface area contributed by atoms with Gasteiger partial charge in [0, 0.05) is 18.0 Å². The minimum Gasteiger partial charge on any atom is -0.480 e. The van der Waals surface area contributed by atoms with Gasteiger partial charge in [0.2, 0.25) is 5.88 Å². The second-order valence-electron chi connectivity index (χ2n) is 3.23. The van der Waals surface area contributed by atoms with Crippen molar-refractivity contribution in [1.29, 1.82) is 10.5 Å². The maximum atomic E-state index is 8.92. The molecule has 0 saturated carbocycles. The summed E-state index contributed by atoms with van der Waals surface area (Å²) in [5.74, 6) is 0.257. The normalized spacial score (nSPS) is 9.50. The topological polar surface area (TPSA) is 82.1 Å². The van der Waals surface area contributed by atoms with Crippen LogP contribution in [0.4, 0.5) is 0 Å². The Labute approximate surface area is 105 Å². The fraction of sp³-hybridized carbons (Fsp3) is 0.0769. The molecule has 5 nitrogen and oxygen atoms in total. The lowest BCUT2D eigenvalue weighted by molar-refractivity contribution is 0.396. The molecular formula is C13H10N4O. The number of hydrogen-bond donors (Lipinski definition) is 0. The lowest BCUT2D eigenvalue weighted by Gasteiger charge is -2.04. The maximum Gasteiger partial charge on any atom is 0.231 e. The van der Waals surface area contributed by atoms with Crippen molar-refractivity contribution in [3.8, 4) is 18.0 Å². The lowest BCUT2D eigenvalue weighted by atomic mass is 10.1. The molecule has 0 aliphatic carbocycles. The van der Waals surface area contributed by atoms with Crippen LogP contribution >= 0.6 is 0 Å². The van der Waals surface area contributed by atoms with Gasteiger partial charge in [0.25, 0.3) is 0 Å². The second-order valence-corrected chi connectivity index (χ2v) is 3.23. The van der Waals surface area contributed by atoms with Crippen molar-refractivity contribution < 1.29 is 4.74 Å². The summed E-state index contributed by atoms with van der Waals surface area (Å²) in [6.07, 6.45) is 2.92. The van der Waals surface area contributed by atoms with Crippen LogP contribution in [0.1, 0.15) is 11.1 Å². The Kier molecular flexibility index (Phi) is 4.36. The highest BCUT2D eigenvalue weighted by Crippen LogP contribution is 2.18. The average Bonchev–Trinajstić information content (AvgIpc) is 2.43. The molecule has 0 aromatic carbocycles. The first-order valence-electron chi connectivity index (χ1n) is 4.89. The molecule has 5 heteroatoms. The molecule has 0 spiro atoms. The predicted octanol–water partition coefficient (Wildman–Crippen LogP) is 2.08. The van der Waals surface area contributed by atoms with Gasteiger partial charge in [-0.2, -0.15) is 10.5 Å². The molecule has 88 valence electrons. The number of rotatable bonds is 4. The highest BCUT2D eigenvalue weighted by Gasteiger charge is 2.06. The van der Waals surface area contributed by atoms with Gasteiger partial charge in [0.05, 0.1) is 7.11 Å². The van der Waals surface area contributed by atoms with E-state index in [2.05, 4.69) is 23.1 Å². The van der Waals surface area contributed by atoms with Gasteiger partial charge < -0.3 is 4.74 Å². The summed E-state index contributed by atoms with van der Waals surface area (Å²) in [5, 5.41) is 17.4. The van der Waals surface area contributed by atoms with Crippen molar-refractivity contribution in [2.24, 2.45) is 4.99 Å². The van der Waals surface area contributed by atoms with Gasteiger partial charge in [0.15, 0.2) is 0 Å². The number of hydrogen-bond acceptors (Lipinski definition) is 5. The monoisotopic (exact) mass is 238 g/mol. The molecule has 1 rings (SSSR count). The van der Waals surface area contributed by atoms with Crippen LogP contribution in [0.25, 0.3) is 5.57 Å². The fourth-order valence-electron chi connectivity index (χ4n) is 1.13. The van der Waals surface area contributed by atoms with E-state index >= 15 is 0 Å². The number of aliphatic imine (C=N–C) groups is 1. The number of allylic oxidation sites excluding steroid dienone is 2. The summed E-state index contributed by atoms with van der Waals surface area (Å²) >= 11 is 0. The van der Waals surface area contributed by atoms with Gasteiger partial charge in [-0.15, -0.1) is 0 Å². The lowest BCUT2D eigenvalue weighted by Crippen LogP contribution is -1.94. The van der Waals surface area contributed by atoms with Crippen molar-refractivity contribution >= 4 is 11.8 Å². The zero-order valence-electron chi connectivity index (χ0n) is 9.84. The number of nitriles is 2. The molecular weight excluding hydrogens is 228 g/mol. The molecule has 0 aliphatic heterocycles. The van der Waals surface area contributed by atoms with E-state index in [1.54, 1.807) is 12.1 Å². The Morgan fingerprint density at radius 3 is 2.78 bits per heavy atom. The average molecular weight is 238 g/mol. The van der Waals surface area contributed by atoms with Crippen LogP contribution in [0.5, 0.6) is 5.88 Å². The summed E-state index contributed by atoms with van der Waals surface area (Å²) in [6, 6.07) is 5.36. The van der Waals surface area contributed by atoms with Gasteiger partial charge >= 0.3 is 0 Å². The van der Waals surface area contributed by atoms with Crippen LogP contribution in [0.15, 0.2) is 36.1 Å². The Hall–Kier alpha value is -2.92. The minimum absolute atomic E-state index is 0.0816. The molecule has 1 heterocycles. The van der Waals surface area contributed by atoms with E-state index in [0.717, 1.165) is 0 Å². The molecule has 0 atom stereocenters. The molecule has 0 fully saturated rings.